The maximum Gasteiger partial charge on any atom is 0.260 e. The van der Waals surface area contributed by atoms with E-state index in [1.54, 1.807) is 24.1 Å². The Hall–Kier alpha value is -3.35. The summed E-state index contributed by atoms with van der Waals surface area (Å²) in [5.74, 6) is 3.87. The predicted molar refractivity (Wildman–Crippen MR) is 117 cm³/mol. The minimum absolute atomic E-state index is 0.0321. The van der Waals surface area contributed by atoms with Crippen molar-refractivity contribution in [1.29, 1.82) is 0 Å². The zero-order chi connectivity index (χ0) is 21.6. The van der Waals surface area contributed by atoms with Gasteiger partial charge in [-0.25, -0.2) is 0 Å². The second kappa shape index (κ2) is 9.64. The Morgan fingerprint density at radius 2 is 1.65 bits per heavy atom. The summed E-state index contributed by atoms with van der Waals surface area (Å²) in [7, 11) is 1.77. The highest BCUT2D eigenvalue weighted by Gasteiger charge is 2.18. The molecule has 31 heavy (non-hydrogen) atoms. The molecule has 0 saturated carbocycles. The van der Waals surface area contributed by atoms with Crippen LogP contribution in [0.15, 0.2) is 48.5 Å². The number of nitrogens with zero attached hydrogens (tertiary/aromatic N) is 4. The number of aryl methyl sites for hydroxylation is 2. The van der Waals surface area contributed by atoms with Gasteiger partial charge in [0.25, 0.3) is 5.91 Å². The molecule has 3 aromatic rings. The number of rotatable bonds is 7. The first-order valence-electron chi connectivity index (χ1n) is 10.7. The van der Waals surface area contributed by atoms with Gasteiger partial charge in [-0.05, 0) is 56.2 Å². The smallest absolute Gasteiger partial charge is 0.260 e. The van der Waals surface area contributed by atoms with Gasteiger partial charge in [-0.15, -0.1) is 10.2 Å². The molecule has 1 aromatic heterocycles. The van der Waals surface area contributed by atoms with E-state index in [0.29, 0.717) is 18.0 Å². The fourth-order valence-electron chi connectivity index (χ4n) is 3.56. The lowest BCUT2D eigenvalue weighted by atomic mass is 10.2. The van der Waals surface area contributed by atoms with Crippen molar-refractivity contribution in [1.82, 2.24) is 19.7 Å². The van der Waals surface area contributed by atoms with Gasteiger partial charge < -0.3 is 18.9 Å². The number of carbonyl (C=O) groups is 1. The minimum atomic E-state index is -0.106. The minimum Gasteiger partial charge on any atom is -0.484 e. The fourth-order valence-corrected chi connectivity index (χ4v) is 3.56. The van der Waals surface area contributed by atoms with Crippen LogP contribution in [0.1, 0.15) is 36.5 Å². The maximum atomic E-state index is 12.5. The summed E-state index contributed by atoms with van der Waals surface area (Å²) in [5.41, 5.74) is 1.19. The molecule has 0 N–H and O–H groups in total. The molecular formula is C24H28N4O3. The quantitative estimate of drug-likeness (QED) is 0.575. The summed E-state index contributed by atoms with van der Waals surface area (Å²) in [4.78, 5) is 14.2. The molecule has 0 saturated heterocycles. The van der Waals surface area contributed by atoms with E-state index in [4.69, 9.17) is 9.47 Å². The Labute approximate surface area is 182 Å². The van der Waals surface area contributed by atoms with Crippen LogP contribution in [0.5, 0.6) is 17.2 Å². The Balaban J connectivity index is 1.28. The van der Waals surface area contributed by atoms with Crippen LogP contribution in [-0.4, -0.2) is 39.2 Å². The highest BCUT2D eigenvalue weighted by atomic mass is 16.5. The zero-order valence-corrected chi connectivity index (χ0v) is 18.1. The maximum absolute atomic E-state index is 12.5. The van der Waals surface area contributed by atoms with Gasteiger partial charge in [-0.2, -0.15) is 0 Å². The van der Waals surface area contributed by atoms with E-state index < -0.39 is 0 Å². The van der Waals surface area contributed by atoms with E-state index in [-0.39, 0.29) is 12.5 Å². The summed E-state index contributed by atoms with van der Waals surface area (Å²) in [6, 6.07) is 15.1. The van der Waals surface area contributed by atoms with Crippen LogP contribution in [0.4, 0.5) is 0 Å². The molecule has 0 unspecified atom stereocenters. The largest absolute Gasteiger partial charge is 0.484 e. The van der Waals surface area contributed by atoms with E-state index in [1.807, 2.05) is 43.3 Å². The molecule has 0 atom stereocenters. The molecule has 0 fully saturated rings. The monoisotopic (exact) mass is 420 g/mol. The van der Waals surface area contributed by atoms with Crippen LogP contribution < -0.4 is 9.47 Å². The van der Waals surface area contributed by atoms with Gasteiger partial charge in [0.2, 0.25) is 0 Å². The van der Waals surface area contributed by atoms with Gasteiger partial charge in [0.1, 0.15) is 23.1 Å². The Bertz CT molecular complexity index is 1010. The highest BCUT2D eigenvalue weighted by Crippen LogP contribution is 2.24. The van der Waals surface area contributed by atoms with Crippen LogP contribution in [0, 0.1) is 6.92 Å². The zero-order valence-electron chi connectivity index (χ0n) is 18.1. The van der Waals surface area contributed by atoms with Crippen molar-refractivity contribution in [3.05, 3.63) is 65.7 Å². The number of aromatic nitrogens is 3. The lowest BCUT2D eigenvalue weighted by Gasteiger charge is -2.18. The summed E-state index contributed by atoms with van der Waals surface area (Å²) in [6.45, 7) is 3.36. The number of amides is 1. The van der Waals surface area contributed by atoms with Crippen molar-refractivity contribution in [2.75, 3.05) is 13.7 Å². The van der Waals surface area contributed by atoms with Crippen molar-refractivity contribution in [3.8, 4) is 17.2 Å². The standard InChI is InChI=1S/C24H28N4O3/c1-18-7-9-20(10-8-18)31-21-13-11-19(12-14-21)30-17-24(29)27(2)16-23-26-25-22-6-4-3-5-15-28(22)23/h7-14H,3-6,15-17H2,1-2H3. The number of hydrogen-bond acceptors (Lipinski definition) is 5. The molecule has 2 heterocycles. The second-order valence-corrected chi connectivity index (χ2v) is 7.92. The first kappa shape index (κ1) is 20.9. The first-order chi connectivity index (χ1) is 15.1. The summed E-state index contributed by atoms with van der Waals surface area (Å²) >= 11 is 0. The van der Waals surface area contributed by atoms with Crippen LogP contribution in [0.2, 0.25) is 0 Å². The topological polar surface area (TPSA) is 69.5 Å². The van der Waals surface area contributed by atoms with Gasteiger partial charge in [-0.3, -0.25) is 4.79 Å². The average molecular weight is 421 g/mol. The molecule has 7 heteroatoms. The van der Waals surface area contributed by atoms with Gasteiger partial charge in [0, 0.05) is 20.0 Å². The molecule has 7 nitrogen and oxygen atoms in total. The third kappa shape index (κ3) is 5.42. The Morgan fingerprint density at radius 1 is 0.968 bits per heavy atom. The molecule has 0 radical (unpaired) electrons. The molecule has 0 bridgehead atoms. The second-order valence-electron chi connectivity index (χ2n) is 7.92. The van der Waals surface area contributed by atoms with Crippen LogP contribution in [0.25, 0.3) is 0 Å². The Morgan fingerprint density at radius 3 is 2.39 bits per heavy atom. The average Bonchev–Trinajstić information content (AvgIpc) is 3.00. The van der Waals surface area contributed by atoms with Gasteiger partial charge >= 0.3 is 0 Å². The number of ether oxygens (including phenoxy) is 2. The van der Waals surface area contributed by atoms with Crippen molar-refractivity contribution >= 4 is 5.91 Å². The lowest BCUT2D eigenvalue weighted by Crippen LogP contribution is -2.32. The number of fused-ring (bicyclic) bond motifs is 1. The number of hydrogen-bond donors (Lipinski definition) is 0. The van der Waals surface area contributed by atoms with Crippen molar-refractivity contribution in [2.24, 2.45) is 0 Å². The van der Waals surface area contributed by atoms with Crippen molar-refractivity contribution in [3.63, 3.8) is 0 Å². The van der Waals surface area contributed by atoms with Crippen LogP contribution in [0.3, 0.4) is 0 Å². The number of carbonyl (C=O) groups excluding carboxylic acids is 1. The molecule has 1 amide bonds. The normalized spacial score (nSPS) is 13.2. The van der Waals surface area contributed by atoms with Gasteiger partial charge in [0.15, 0.2) is 12.4 Å². The summed E-state index contributed by atoms with van der Waals surface area (Å²) in [5, 5.41) is 8.59. The fraction of sp³-hybridized carbons (Fsp3) is 0.375. The highest BCUT2D eigenvalue weighted by molar-refractivity contribution is 5.77. The van der Waals surface area contributed by atoms with E-state index in [0.717, 1.165) is 43.2 Å². The van der Waals surface area contributed by atoms with Crippen molar-refractivity contribution in [2.45, 2.75) is 45.7 Å². The molecule has 0 aliphatic carbocycles. The third-order valence-corrected chi connectivity index (χ3v) is 5.43. The van der Waals surface area contributed by atoms with Gasteiger partial charge in [-0.1, -0.05) is 24.1 Å². The van der Waals surface area contributed by atoms with Crippen LogP contribution >= 0.6 is 0 Å². The lowest BCUT2D eigenvalue weighted by molar-refractivity contribution is -0.132. The van der Waals surface area contributed by atoms with E-state index in [1.165, 1.54) is 12.0 Å². The molecule has 1 aliphatic rings. The predicted octanol–water partition coefficient (Wildman–Crippen LogP) is 4.14. The SMILES string of the molecule is Cc1ccc(Oc2ccc(OCC(=O)N(C)Cc3nnc4n3CCCCC4)cc2)cc1. The molecule has 0 spiro atoms. The molecule has 1 aliphatic heterocycles. The number of benzene rings is 2. The van der Waals surface area contributed by atoms with Crippen LogP contribution in [-0.2, 0) is 24.3 Å². The molecule has 162 valence electrons. The van der Waals surface area contributed by atoms with E-state index in [9.17, 15) is 4.79 Å². The van der Waals surface area contributed by atoms with Crippen molar-refractivity contribution < 1.29 is 14.3 Å². The third-order valence-electron chi connectivity index (χ3n) is 5.43. The first-order valence-corrected chi connectivity index (χ1v) is 10.7. The van der Waals surface area contributed by atoms with Gasteiger partial charge in [0.05, 0.1) is 6.54 Å². The van der Waals surface area contributed by atoms with E-state index in [2.05, 4.69) is 14.8 Å². The molecule has 4 rings (SSSR count). The molecule has 2 aromatic carbocycles. The number of likely N-dealkylation sites (N-methyl/N-ethyl adjacent to an activating group) is 1. The van der Waals surface area contributed by atoms with E-state index >= 15 is 0 Å². The Kier molecular flexibility index (Phi) is 6.50. The summed E-state index contributed by atoms with van der Waals surface area (Å²) < 4.78 is 13.6. The summed E-state index contributed by atoms with van der Waals surface area (Å²) in [6.07, 6.45) is 4.44. The molecular weight excluding hydrogens is 392 g/mol.